The van der Waals surface area contributed by atoms with Crippen LogP contribution in [0.25, 0.3) is 11.3 Å². The molecule has 3 rings (SSSR count). The molecular formula is C16H17Br2NO2. The second kappa shape index (κ2) is 7.09. The van der Waals surface area contributed by atoms with Gasteiger partial charge in [-0.15, -0.1) is 0 Å². The average Bonchev–Trinajstić information content (AvgIpc) is 3.10. The van der Waals surface area contributed by atoms with E-state index < -0.39 is 0 Å². The molecule has 0 radical (unpaired) electrons. The summed E-state index contributed by atoms with van der Waals surface area (Å²) in [5, 5.41) is 3.39. The zero-order valence-electron chi connectivity index (χ0n) is 11.6. The molecule has 0 spiro atoms. The van der Waals surface area contributed by atoms with Crippen LogP contribution in [0.4, 0.5) is 0 Å². The zero-order chi connectivity index (χ0) is 14.7. The summed E-state index contributed by atoms with van der Waals surface area (Å²) in [7, 11) is 0. The van der Waals surface area contributed by atoms with Gasteiger partial charge < -0.3 is 14.5 Å². The zero-order valence-corrected chi connectivity index (χ0v) is 14.7. The summed E-state index contributed by atoms with van der Waals surface area (Å²) in [6, 6.07) is 10.1. The van der Waals surface area contributed by atoms with Gasteiger partial charge in [0.15, 0.2) is 0 Å². The molecule has 2 aromatic rings. The van der Waals surface area contributed by atoms with E-state index in [2.05, 4.69) is 37.2 Å². The highest BCUT2D eigenvalue weighted by molar-refractivity contribution is 9.11. The van der Waals surface area contributed by atoms with Crippen molar-refractivity contribution in [2.45, 2.75) is 25.5 Å². The highest BCUT2D eigenvalue weighted by Crippen LogP contribution is 2.31. The van der Waals surface area contributed by atoms with Gasteiger partial charge in [-0.3, -0.25) is 0 Å². The van der Waals surface area contributed by atoms with Crippen LogP contribution in [0.5, 0.6) is 0 Å². The molecule has 0 saturated carbocycles. The molecule has 0 unspecified atom stereocenters. The Morgan fingerprint density at radius 3 is 2.86 bits per heavy atom. The summed E-state index contributed by atoms with van der Waals surface area (Å²) in [5.74, 6) is 1.82. The highest BCUT2D eigenvalue weighted by atomic mass is 79.9. The van der Waals surface area contributed by atoms with Crippen LogP contribution in [0.3, 0.4) is 0 Å². The fourth-order valence-corrected chi connectivity index (χ4v) is 3.71. The number of halogens is 2. The molecule has 3 nitrogen and oxygen atoms in total. The smallest absolute Gasteiger partial charge is 0.135 e. The van der Waals surface area contributed by atoms with Crippen LogP contribution in [-0.4, -0.2) is 19.3 Å². The first kappa shape index (κ1) is 15.3. The van der Waals surface area contributed by atoms with Crippen molar-refractivity contribution in [3.8, 4) is 11.3 Å². The number of nitrogens with one attached hydrogen (secondary N) is 1. The number of hydrogen-bond acceptors (Lipinski definition) is 3. The Morgan fingerprint density at radius 2 is 2.10 bits per heavy atom. The SMILES string of the molecule is Brc1ccc(-c2ccc(CNC[C@H]3CCCO3)o2)c(Br)c1. The molecule has 0 aliphatic carbocycles. The van der Waals surface area contributed by atoms with Crippen LogP contribution in [-0.2, 0) is 11.3 Å². The third kappa shape index (κ3) is 3.97. The van der Waals surface area contributed by atoms with Gasteiger partial charge >= 0.3 is 0 Å². The number of furan rings is 1. The maximum absolute atomic E-state index is 5.91. The first-order valence-corrected chi connectivity index (χ1v) is 8.67. The van der Waals surface area contributed by atoms with Crippen molar-refractivity contribution < 1.29 is 9.15 Å². The molecule has 0 bridgehead atoms. The number of hydrogen-bond donors (Lipinski definition) is 1. The minimum absolute atomic E-state index is 0.361. The molecule has 1 aromatic carbocycles. The summed E-state index contributed by atoms with van der Waals surface area (Å²) >= 11 is 7.03. The standard InChI is InChI=1S/C16H17Br2NO2/c17-11-3-5-14(15(18)8-11)16-6-4-13(21-16)10-19-9-12-2-1-7-20-12/h3-6,8,12,19H,1-2,7,9-10H2/t12-/m1/s1. The quantitative estimate of drug-likeness (QED) is 0.767. The molecular weight excluding hydrogens is 398 g/mol. The molecule has 1 atom stereocenters. The van der Waals surface area contributed by atoms with E-state index in [1.54, 1.807) is 0 Å². The van der Waals surface area contributed by atoms with Gasteiger partial charge in [-0.1, -0.05) is 15.9 Å². The Labute approximate surface area is 141 Å². The fourth-order valence-electron chi connectivity index (χ4n) is 2.47. The van der Waals surface area contributed by atoms with Crippen molar-refractivity contribution in [1.29, 1.82) is 0 Å². The Kier molecular flexibility index (Phi) is 5.16. The maximum Gasteiger partial charge on any atom is 0.135 e. The Balaban J connectivity index is 1.60. The predicted octanol–water partition coefficient (Wildman–Crippen LogP) is 4.74. The van der Waals surface area contributed by atoms with E-state index in [4.69, 9.17) is 9.15 Å². The predicted molar refractivity (Wildman–Crippen MR) is 90.2 cm³/mol. The maximum atomic E-state index is 5.91. The van der Waals surface area contributed by atoms with Gasteiger partial charge in [-0.25, -0.2) is 0 Å². The van der Waals surface area contributed by atoms with E-state index in [1.165, 1.54) is 6.42 Å². The molecule has 1 N–H and O–H groups in total. The fraction of sp³-hybridized carbons (Fsp3) is 0.375. The Morgan fingerprint density at radius 1 is 1.19 bits per heavy atom. The van der Waals surface area contributed by atoms with Crippen LogP contribution in [0.1, 0.15) is 18.6 Å². The lowest BCUT2D eigenvalue weighted by Crippen LogP contribution is -2.25. The normalized spacial score (nSPS) is 18.3. The van der Waals surface area contributed by atoms with Crippen LogP contribution >= 0.6 is 31.9 Å². The number of ether oxygens (including phenoxy) is 1. The monoisotopic (exact) mass is 413 g/mol. The van der Waals surface area contributed by atoms with Crippen LogP contribution in [0.15, 0.2) is 43.7 Å². The summed E-state index contributed by atoms with van der Waals surface area (Å²) in [4.78, 5) is 0. The third-order valence-corrected chi connectivity index (χ3v) is 4.70. The molecule has 1 aliphatic heterocycles. The van der Waals surface area contributed by atoms with E-state index in [0.29, 0.717) is 6.10 Å². The molecule has 2 heterocycles. The summed E-state index contributed by atoms with van der Waals surface area (Å²) in [5.41, 5.74) is 1.06. The van der Waals surface area contributed by atoms with Crippen LogP contribution in [0, 0.1) is 0 Å². The summed E-state index contributed by atoms with van der Waals surface area (Å²) in [6.07, 6.45) is 2.69. The van der Waals surface area contributed by atoms with Crippen molar-refractivity contribution in [3.63, 3.8) is 0 Å². The van der Waals surface area contributed by atoms with Crippen molar-refractivity contribution in [2.24, 2.45) is 0 Å². The van der Waals surface area contributed by atoms with Crippen LogP contribution < -0.4 is 5.32 Å². The van der Waals surface area contributed by atoms with Gasteiger partial charge in [0.05, 0.1) is 12.6 Å². The van der Waals surface area contributed by atoms with Crippen LogP contribution in [0.2, 0.25) is 0 Å². The minimum atomic E-state index is 0.361. The lowest BCUT2D eigenvalue weighted by Gasteiger charge is -2.09. The van der Waals surface area contributed by atoms with Crippen molar-refractivity contribution in [1.82, 2.24) is 5.32 Å². The summed E-state index contributed by atoms with van der Waals surface area (Å²) < 4.78 is 13.6. The van der Waals surface area contributed by atoms with E-state index in [9.17, 15) is 0 Å². The van der Waals surface area contributed by atoms with E-state index >= 15 is 0 Å². The van der Waals surface area contributed by atoms with E-state index in [1.807, 2.05) is 30.3 Å². The lowest BCUT2D eigenvalue weighted by atomic mass is 10.2. The molecule has 1 fully saturated rings. The van der Waals surface area contributed by atoms with Crippen molar-refractivity contribution in [3.05, 3.63) is 45.0 Å². The van der Waals surface area contributed by atoms with Gasteiger partial charge in [0, 0.05) is 27.7 Å². The van der Waals surface area contributed by atoms with E-state index in [0.717, 1.165) is 52.1 Å². The number of rotatable bonds is 5. The average molecular weight is 415 g/mol. The van der Waals surface area contributed by atoms with Gasteiger partial charge in [-0.2, -0.15) is 0 Å². The van der Waals surface area contributed by atoms with Gasteiger partial charge in [0.25, 0.3) is 0 Å². The largest absolute Gasteiger partial charge is 0.460 e. The summed E-state index contributed by atoms with van der Waals surface area (Å²) in [6.45, 7) is 2.51. The Hall–Kier alpha value is -0.620. The van der Waals surface area contributed by atoms with Crippen molar-refractivity contribution in [2.75, 3.05) is 13.2 Å². The molecule has 112 valence electrons. The molecule has 1 aromatic heterocycles. The first-order chi connectivity index (χ1) is 10.2. The molecule has 21 heavy (non-hydrogen) atoms. The molecule has 0 amide bonds. The molecule has 1 saturated heterocycles. The lowest BCUT2D eigenvalue weighted by molar-refractivity contribution is 0.109. The van der Waals surface area contributed by atoms with Gasteiger partial charge in [0.1, 0.15) is 11.5 Å². The second-order valence-electron chi connectivity index (χ2n) is 5.16. The molecule has 1 aliphatic rings. The highest BCUT2D eigenvalue weighted by Gasteiger charge is 2.15. The minimum Gasteiger partial charge on any atom is -0.460 e. The molecule has 5 heteroatoms. The van der Waals surface area contributed by atoms with Gasteiger partial charge in [0.2, 0.25) is 0 Å². The first-order valence-electron chi connectivity index (χ1n) is 7.09. The number of benzene rings is 1. The third-order valence-electron chi connectivity index (χ3n) is 3.55. The second-order valence-corrected chi connectivity index (χ2v) is 6.93. The van der Waals surface area contributed by atoms with Gasteiger partial charge in [-0.05, 0) is 59.1 Å². The van der Waals surface area contributed by atoms with Crippen molar-refractivity contribution >= 4 is 31.9 Å². The van der Waals surface area contributed by atoms with E-state index in [-0.39, 0.29) is 0 Å². The topological polar surface area (TPSA) is 34.4 Å². The Bertz CT molecular complexity index is 606.